The van der Waals surface area contributed by atoms with E-state index in [0.29, 0.717) is 17.0 Å². The van der Waals surface area contributed by atoms with Gasteiger partial charge < -0.3 is 20.3 Å². The van der Waals surface area contributed by atoms with Gasteiger partial charge in [0.2, 0.25) is 5.91 Å². The highest BCUT2D eigenvalue weighted by molar-refractivity contribution is 6.04. The van der Waals surface area contributed by atoms with Crippen LogP contribution >= 0.6 is 0 Å². The number of rotatable bonds is 5. The second-order valence-electron chi connectivity index (χ2n) is 6.22. The lowest BCUT2D eigenvalue weighted by Crippen LogP contribution is -2.50. The third-order valence-electron chi connectivity index (χ3n) is 4.32. The zero-order chi connectivity index (χ0) is 19.4. The summed E-state index contributed by atoms with van der Waals surface area (Å²) in [5.41, 5.74) is 1.67. The highest BCUT2D eigenvalue weighted by atomic mass is 16.5. The maximum Gasteiger partial charge on any atom is 0.262 e. The summed E-state index contributed by atoms with van der Waals surface area (Å²) in [6, 6.07) is 14.1. The summed E-state index contributed by atoms with van der Waals surface area (Å²) in [5, 5.41) is 5.36. The summed E-state index contributed by atoms with van der Waals surface area (Å²) in [6.45, 7) is 1.73. The number of ether oxygens (including phenoxy) is 1. The van der Waals surface area contributed by atoms with E-state index in [-0.39, 0.29) is 30.7 Å². The molecule has 0 aromatic heterocycles. The molecule has 2 aromatic carbocycles. The van der Waals surface area contributed by atoms with Gasteiger partial charge in [-0.05, 0) is 31.2 Å². The summed E-state index contributed by atoms with van der Waals surface area (Å²) in [6.07, 6.45) is -0.706. The van der Waals surface area contributed by atoms with Gasteiger partial charge in [-0.2, -0.15) is 0 Å². The fourth-order valence-electron chi connectivity index (χ4n) is 3.02. The molecule has 0 radical (unpaired) electrons. The first kappa shape index (κ1) is 18.4. The van der Waals surface area contributed by atoms with Crippen LogP contribution in [0.3, 0.4) is 0 Å². The zero-order valence-corrected chi connectivity index (χ0v) is 15.2. The van der Waals surface area contributed by atoms with Gasteiger partial charge >= 0.3 is 0 Å². The summed E-state index contributed by atoms with van der Waals surface area (Å²) in [7, 11) is 1.54. The summed E-state index contributed by atoms with van der Waals surface area (Å²) < 4.78 is 5.74. The molecule has 2 N–H and O–H groups in total. The maximum atomic E-state index is 12.6. The summed E-state index contributed by atoms with van der Waals surface area (Å²) in [4.78, 5) is 38.1. The van der Waals surface area contributed by atoms with E-state index in [4.69, 9.17) is 4.74 Å². The molecular formula is C20H21N3O4. The molecule has 1 heterocycles. The first-order valence-electron chi connectivity index (χ1n) is 8.61. The van der Waals surface area contributed by atoms with Crippen molar-refractivity contribution in [3.8, 4) is 5.75 Å². The number of carbonyl (C=O) groups excluding carboxylic acids is 3. The van der Waals surface area contributed by atoms with Gasteiger partial charge in [0, 0.05) is 12.6 Å². The number of benzene rings is 2. The van der Waals surface area contributed by atoms with Crippen LogP contribution in [0.15, 0.2) is 48.5 Å². The summed E-state index contributed by atoms with van der Waals surface area (Å²) in [5.74, 6) is -0.107. The highest BCUT2D eigenvalue weighted by Gasteiger charge is 2.31. The predicted molar refractivity (Wildman–Crippen MR) is 102 cm³/mol. The number of Topliss-reactive ketones (excluding diaryl/α,β-unsaturated/α-hetero) is 1. The van der Waals surface area contributed by atoms with E-state index in [2.05, 4.69) is 10.6 Å². The van der Waals surface area contributed by atoms with Gasteiger partial charge in [-0.3, -0.25) is 14.4 Å². The van der Waals surface area contributed by atoms with Crippen LogP contribution in [-0.4, -0.2) is 43.8 Å². The van der Waals surface area contributed by atoms with Crippen molar-refractivity contribution in [3.05, 3.63) is 54.1 Å². The number of likely N-dealkylation sites (N-methyl/N-ethyl adjacent to an activating group) is 1. The monoisotopic (exact) mass is 367 g/mol. The molecule has 1 aliphatic heterocycles. The fourth-order valence-corrected chi connectivity index (χ4v) is 3.02. The fraction of sp³-hybridized carbons (Fsp3) is 0.250. The molecule has 0 bridgehead atoms. The first-order chi connectivity index (χ1) is 13.0. The highest BCUT2D eigenvalue weighted by Crippen LogP contribution is 2.33. The molecule has 0 saturated carbocycles. The van der Waals surface area contributed by atoms with Crippen LogP contribution in [0.25, 0.3) is 0 Å². The number of ketones is 1. The average Bonchev–Trinajstić information content (AvgIpc) is 2.67. The van der Waals surface area contributed by atoms with Gasteiger partial charge in [-0.25, -0.2) is 0 Å². The minimum atomic E-state index is -0.706. The number of nitrogens with one attached hydrogen (secondary N) is 2. The molecule has 3 rings (SSSR count). The van der Waals surface area contributed by atoms with Crippen LogP contribution < -0.4 is 20.3 Å². The van der Waals surface area contributed by atoms with Crippen molar-refractivity contribution < 1.29 is 19.1 Å². The van der Waals surface area contributed by atoms with Crippen LogP contribution in [0.5, 0.6) is 5.75 Å². The minimum absolute atomic E-state index is 0.0279. The van der Waals surface area contributed by atoms with E-state index >= 15 is 0 Å². The Morgan fingerprint density at radius 1 is 1.11 bits per heavy atom. The molecule has 2 aromatic rings. The Morgan fingerprint density at radius 3 is 2.56 bits per heavy atom. The molecule has 0 saturated heterocycles. The topological polar surface area (TPSA) is 87.7 Å². The lowest BCUT2D eigenvalue weighted by molar-refractivity contribution is -0.127. The molecule has 0 fully saturated rings. The molecule has 27 heavy (non-hydrogen) atoms. The van der Waals surface area contributed by atoms with Crippen LogP contribution in [0.4, 0.5) is 11.4 Å². The third-order valence-corrected chi connectivity index (χ3v) is 4.32. The number of fused-ring (bicyclic) bond motifs is 1. The van der Waals surface area contributed by atoms with Gasteiger partial charge in [-0.15, -0.1) is 0 Å². The van der Waals surface area contributed by atoms with Crippen LogP contribution in [0.1, 0.15) is 17.3 Å². The zero-order valence-electron chi connectivity index (χ0n) is 15.2. The Morgan fingerprint density at radius 2 is 1.81 bits per heavy atom. The van der Waals surface area contributed by atoms with Crippen LogP contribution in [0, 0.1) is 0 Å². The molecule has 7 nitrogen and oxygen atoms in total. The van der Waals surface area contributed by atoms with Gasteiger partial charge in [-0.1, -0.05) is 24.3 Å². The maximum absolute atomic E-state index is 12.6. The standard InChI is InChI=1S/C20H21N3O4/c1-13(24)14-7-3-4-8-15(14)22-19(25)12-23-11-18(20(26)21-2)27-17-10-6-5-9-16(17)23/h3-10,18H,11-12H2,1-2H3,(H,21,26)(H,22,25)/t18-/m1/s1. The number of anilines is 2. The Balaban J connectivity index is 1.79. The molecular weight excluding hydrogens is 346 g/mol. The lowest BCUT2D eigenvalue weighted by Gasteiger charge is -2.35. The van der Waals surface area contributed by atoms with Crippen LogP contribution in [-0.2, 0) is 9.59 Å². The Labute approximate surface area is 157 Å². The minimum Gasteiger partial charge on any atom is -0.477 e. The smallest absolute Gasteiger partial charge is 0.262 e. The molecule has 2 amide bonds. The van der Waals surface area contributed by atoms with Crippen molar-refractivity contribution in [2.45, 2.75) is 13.0 Å². The Hall–Kier alpha value is -3.35. The summed E-state index contributed by atoms with van der Waals surface area (Å²) >= 11 is 0. The van der Waals surface area contributed by atoms with Crippen molar-refractivity contribution in [1.82, 2.24) is 5.32 Å². The number of para-hydroxylation sites is 3. The van der Waals surface area contributed by atoms with E-state index < -0.39 is 6.10 Å². The van der Waals surface area contributed by atoms with E-state index in [1.54, 1.807) is 42.3 Å². The van der Waals surface area contributed by atoms with E-state index in [0.717, 1.165) is 5.69 Å². The molecule has 0 unspecified atom stereocenters. The van der Waals surface area contributed by atoms with Crippen molar-refractivity contribution in [2.75, 3.05) is 30.4 Å². The van der Waals surface area contributed by atoms with E-state index in [1.807, 2.05) is 18.2 Å². The number of nitrogens with zero attached hydrogens (tertiary/aromatic N) is 1. The van der Waals surface area contributed by atoms with Crippen molar-refractivity contribution >= 4 is 29.0 Å². The number of amides is 2. The molecule has 0 aliphatic carbocycles. The van der Waals surface area contributed by atoms with Crippen molar-refractivity contribution in [3.63, 3.8) is 0 Å². The Kier molecular flexibility index (Phi) is 5.40. The van der Waals surface area contributed by atoms with E-state index in [9.17, 15) is 14.4 Å². The van der Waals surface area contributed by atoms with Gasteiger partial charge in [0.25, 0.3) is 5.91 Å². The first-order valence-corrected chi connectivity index (χ1v) is 8.61. The number of hydrogen-bond donors (Lipinski definition) is 2. The quantitative estimate of drug-likeness (QED) is 0.788. The van der Waals surface area contributed by atoms with Crippen LogP contribution in [0.2, 0.25) is 0 Å². The lowest BCUT2D eigenvalue weighted by atomic mass is 10.1. The van der Waals surface area contributed by atoms with Crippen molar-refractivity contribution in [2.24, 2.45) is 0 Å². The molecule has 0 spiro atoms. The van der Waals surface area contributed by atoms with Gasteiger partial charge in [0.05, 0.1) is 24.5 Å². The molecule has 1 aliphatic rings. The SMILES string of the molecule is CNC(=O)[C@H]1CN(CC(=O)Nc2ccccc2C(C)=O)c2ccccc2O1. The number of carbonyl (C=O) groups is 3. The van der Waals surface area contributed by atoms with Crippen molar-refractivity contribution in [1.29, 1.82) is 0 Å². The number of hydrogen-bond acceptors (Lipinski definition) is 5. The molecule has 140 valence electrons. The third kappa shape index (κ3) is 4.08. The second kappa shape index (κ2) is 7.90. The largest absolute Gasteiger partial charge is 0.477 e. The predicted octanol–water partition coefficient (Wildman–Crippen LogP) is 1.84. The Bertz CT molecular complexity index is 881. The van der Waals surface area contributed by atoms with Gasteiger partial charge in [0.15, 0.2) is 11.9 Å². The second-order valence-corrected chi connectivity index (χ2v) is 6.22. The van der Waals surface area contributed by atoms with E-state index in [1.165, 1.54) is 6.92 Å². The molecule has 1 atom stereocenters. The van der Waals surface area contributed by atoms with Gasteiger partial charge in [0.1, 0.15) is 5.75 Å². The molecule has 7 heteroatoms. The normalized spacial score (nSPS) is 15.3. The average molecular weight is 367 g/mol.